The maximum Gasteiger partial charge on any atom is 0.673 e. The summed E-state index contributed by atoms with van der Waals surface area (Å²) in [6.45, 7) is 10.1. The molecular formula is C12H22BF4N. The van der Waals surface area contributed by atoms with Crippen molar-refractivity contribution >= 4 is 7.25 Å². The van der Waals surface area contributed by atoms with Crippen molar-refractivity contribution in [3.8, 4) is 0 Å². The molecule has 18 heavy (non-hydrogen) atoms. The third-order valence-electron chi connectivity index (χ3n) is 3.10. The second-order valence-electron chi connectivity index (χ2n) is 5.52. The van der Waals surface area contributed by atoms with E-state index < -0.39 is 7.25 Å². The smallest absolute Gasteiger partial charge is 0.418 e. The van der Waals surface area contributed by atoms with E-state index in [1.54, 1.807) is 16.8 Å². The van der Waals surface area contributed by atoms with Crippen LogP contribution in [-0.4, -0.2) is 32.4 Å². The summed E-state index contributed by atoms with van der Waals surface area (Å²) in [5.74, 6) is 0. The first-order chi connectivity index (χ1) is 7.84. The second-order valence-corrected chi connectivity index (χ2v) is 5.52. The van der Waals surface area contributed by atoms with Crippen LogP contribution in [0.4, 0.5) is 17.3 Å². The fraction of sp³-hybridized carbons (Fsp3) is 0.667. The maximum atomic E-state index is 9.75. The predicted octanol–water partition coefficient (Wildman–Crippen LogP) is 4.40. The molecule has 0 aromatic carbocycles. The molecule has 6 heteroatoms. The molecule has 1 aliphatic heterocycles. The van der Waals surface area contributed by atoms with Crippen LogP contribution in [0.15, 0.2) is 22.4 Å². The lowest BCUT2D eigenvalue weighted by atomic mass is 9.96. The van der Waals surface area contributed by atoms with Crippen molar-refractivity contribution in [2.24, 2.45) is 0 Å². The molecule has 1 nitrogen and oxygen atoms in total. The quantitative estimate of drug-likeness (QED) is 0.264. The van der Waals surface area contributed by atoms with E-state index in [0.29, 0.717) is 0 Å². The predicted molar refractivity (Wildman–Crippen MR) is 68.5 cm³/mol. The molecule has 0 spiro atoms. The van der Waals surface area contributed by atoms with Crippen molar-refractivity contribution < 1.29 is 21.7 Å². The summed E-state index contributed by atoms with van der Waals surface area (Å²) >= 11 is 0. The first-order valence-corrected chi connectivity index (χ1v) is 5.87. The van der Waals surface area contributed by atoms with Crippen molar-refractivity contribution in [2.75, 3.05) is 20.6 Å². The first-order valence-electron chi connectivity index (χ1n) is 5.87. The molecule has 0 aromatic heterocycles. The van der Waals surface area contributed by atoms with E-state index in [-0.39, 0.29) is 0 Å². The van der Waals surface area contributed by atoms with Crippen LogP contribution in [0.25, 0.3) is 0 Å². The zero-order chi connectivity index (χ0) is 14.7. The van der Waals surface area contributed by atoms with Gasteiger partial charge in [-0.1, -0.05) is 5.57 Å². The van der Waals surface area contributed by atoms with Crippen molar-refractivity contribution in [2.45, 2.75) is 34.1 Å². The Morgan fingerprint density at radius 1 is 1.00 bits per heavy atom. The minimum absolute atomic E-state index is 1.05. The van der Waals surface area contributed by atoms with Gasteiger partial charge < -0.3 is 17.3 Å². The zero-order valence-corrected chi connectivity index (χ0v) is 12.0. The molecule has 0 aliphatic carbocycles. The normalized spacial score (nSPS) is 19.3. The Bertz CT molecular complexity index is 357. The summed E-state index contributed by atoms with van der Waals surface area (Å²) in [7, 11) is -1.39. The van der Waals surface area contributed by atoms with Crippen LogP contribution in [0, 0.1) is 0 Å². The Kier molecular flexibility index (Phi) is 5.66. The molecule has 0 unspecified atom stereocenters. The van der Waals surface area contributed by atoms with Gasteiger partial charge in [-0.2, -0.15) is 0 Å². The molecule has 0 saturated carbocycles. The average Bonchev–Trinajstić information content (AvgIpc) is 2.07. The molecule has 0 N–H and O–H groups in total. The van der Waals surface area contributed by atoms with Crippen LogP contribution in [0.5, 0.6) is 0 Å². The fourth-order valence-electron chi connectivity index (χ4n) is 2.22. The molecule has 0 radical (unpaired) electrons. The highest BCUT2D eigenvalue weighted by Gasteiger charge is 2.29. The van der Waals surface area contributed by atoms with Crippen molar-refractivity contribution in [3.63, 3.8) is 0 Å². The molecule has 0 saturated heterocycles. The van der Waals surface area contributed by atoms with Crippen LogP contribution in [0.2, 0.25) is 0 Å². The first kappa shape index (κ1) is 17.2. The van der Waals surface area contributed by atoms with Crippen molar-refractivity contribution in [3.05, 3.63) is 22.4 Å². The molecule has 1 heterocycles. The second kappa shape index (κ2) is 5.91. The van der Waals surface area contributed by atoms with E-state index >= 15 is 0 Å². The molecule has 0 aromatic rings. The number of hydrogen-bond acceptors (Lipinski definition) is 0. The third kappa shape index (κ3) is 6.24. The molecule has 1 aliphatic rings. The van der Waals surface area contributed by atoms with Crippen LogP contribution >= 0.6 is 0 Å². The van der Waals surface area contributed by atoms with Crippen molar-refractivity contribution in [1.29, 1.82) is 0 Å². The van der Waals surface area contributed by atoms with E-state index in [1.165, 1.54) is 18.5 Å². The van der Waals surface area contributed by atoms with Gasteiger partial charge >= 0.3 is 7.25 Å². The topological polar surface area (TPSA) is 0 Å². The van der Waals surface area contributed by atoms with Gasteiger partial charge in [0.1, 0.15) is 12.2 Å². The summed E-state index contributed by atoms with van der Waals surface area (Å²) in [6.07, 6.45) is 1.17. The number of hydrogen-bond donors (Lipinski definition) is 0. The highest BCUT2D eigenvalue weighted by Crippen LogP contribution is 2.31. The summed E-state index contributed by atoms with van der Waals surface area (Å²) in [6, 6.07) is 0. The average molecular weight is 267 g/mol. The summed E-state index contributed by atoms with van der Waals surface area (Å²) in [5, 5.41) is 0. The van der Waals surface area contributed by atoms with Crippen molar-refractivity contribution in [1.82, 2.24) is 0 Å². The summed E-state index contributed by atoms with van der Waals surface area (Å²) in [4.78, 5) is 0. The van der Waals surface area contributed by atoms with Gasteiger partial charge in [-0.3, -0.25) is 4.48 Å². The lowest BCUT2D eigenvalue weighted by Crippen LogP contribution is -2.43. The van der Waals surface area contributed by atoms with Gasteiger partial charge in [0.2, 0.25) is 0 Å². The minimum atomic E-state index is -6.00. The number of allylic oxidation sites excluding steroid dienone is 2. The van der Waals surface area contributed by atoms with E-state index in [1.807, 2.05) is 0 Å². The van der Waals surface area contributed by atoms with Crippen LogP contribution in [0.1, 0.15) is 34.1 Å². The van der Waals surface area contributed by atoms with Gasteiger partial charge in [0, 0.05) is 6.42 Å². The van der Waals surface area contributed by atoms with Gasteiger partial charge in [-0.25, -0.2) is 0 Å². The van der Waals surface area contributed by atoms with Gasteiger partial charge in [0.25, 0.3) is 0 Å². The van der Waals surface area contributed by atoms with E-state index in [4.69, 9.17) is 0 Å². The number of rotatable bonds is 0. The van der Waals surface area contributed by atoms with Crippen LogP contribution in [0.3, 0.4) is 0 Å². The Hall–Kier alpha value is -0.775. The molecular weight excluding hydrogens is 245 g/mol. The third-order valence-corrected chi connectivity index (χ3v) is 3.10. The summed E-state index contributed by atoms with van der Waals surface area (Å²) < 4.78 is 40.0. The monoisotopic (exact) mass is 267 g/mol. The fourth-order valence-corrected chi connectivity index (χ4v) is 2.22. The number of likely N-dealkylation sites (N-methyl/N-ethyl adjacent to an activating group) is 1. The lowest BCUT2D eigenvalue weighted by Gasteiger charge is -2.37. The number of halogens is 4. The SMILES string of the molecule is CC(C)=C1CC(C)=C(C)C[N+]1(C)C.F[B-](F)(F)F. The summed E-state index contributed by atoms with van der Waals surface area (Å²) in [5.41, 5.74) is 6.20. The molecule has 0 atom stereocenters. The van der Waals surface area contributed by atoms with E-state index in [2.05, 4.69) is 41.8 Å². The van der Waals surface area contributed by atoms with Gasteiger partial charge in [-0.15, -0.1) is 0 Å². The Balaban J connectivity index is 0.000000494. The lowest BCUT2D eigenvalue weighted by molar-refractivity contribution is -0.850. The zero-order valence-electron chi connectivity index (χ0n) is 12.0. The Morgan fingerprint density at radius 3 is 1.72 bits per heavy atom. The van der Waals surface area contributed by atoms with Gasteiger partial charge in [0.15, 0.2) is 0 Å². The van der Waals surface area contributed by atoms with Gasteiger partial charge in [0.05, 0.1) is 14.1 Å². The van der Waals surface area contributed by atoms with Gasteiger partial charge in [-0.05, 0) is 38.8 Å². The molecule has 0 amide bonds. The van der Waals surface area contributed by atoms with E-state index in [9.17, 15) is 17.3 Å². The largest absolute Gasteiger partial charge is 0.673 e. The Morgan fingerprint density at radius 2 is 1.39 bits per heavy atom. The number of quaternary nitrogens is 1. The molecule has 106 valence electrons. The Labute approximate surface area is 107 Å². The highest BCUT2D eigenvalue weighted by molar-refractivity contribution is 6.50. The highest BCUT2D eigenvalue weighted by atomic mass is 19.5. The molecule has 1 rings (SSSR count). The minimum Gasteiger partial charge on any atom is -0.418 e. The number of nitrogens with zero attached hydrogens (tertiary/aromatic N) is 1. The van der Waals surface area contributed by atoms with Crippen LogP contribution in [-0.2, 0) is 0 Å². The molecule has 0 fully saturated rings. The standard InChI is InChI=1S/C12H22N.BF4/c1-9(2)12-7-10(3)11(4)8-13(12,5)6;2-1(3,4)5/h7-8H2,1-6H3;/q+1;-1. The van der Waals surface area contributed by atoms with Crippen LogP contribution < -0.4 is 0 Å². The van der Waals surface area contributed by atoms with E-state index in [0.717, 1.165) is 4.48 Å². The molecule has 0 bridgehead atoms. The maximum absolute atomic E-state index is 9.75.